The van der Waals surface area contributed by atoms with Crippen molar-refractivity contribution in [2.24, 2.45) is 0 Å². The molecule has 0 saturated carbocycles. The Morgan fingerprint density at radius 2 is 1.32 bits per heavy atom. The highest BCUT2D eigenvalue weighted by Gasteiger charge is 1.94. The first-order valence-corrected chi connectivity index (χ1v) is 8.20. The van der Waals surface area contributed by atoms with Crippen LogP contribution in [0.4, 0.5) is 5.69 Å². The third-order valence-corrected chi connectivity index (χ3v) is 3.71. The molecule has 0 aliphatic carbocycles. The minimum atomic E-state index is 0.800. The second-order valence-electron chi connectivity index (χ2n) is 5.26. The fourth-order valence-corrected chi connectivity index (χ4v) is 2.36. The minimum absolute atomic E-state index is 0.800. The number of anilines is 1. The molecule has 1 N–H and O–H groups in total. The Balaban J connectivity index is 1.87. The quantitative estimate of drug-likeness (QED) is 0.471. The Morgan fingerprint density at radius 1 is 0.789 bits per heavy atom. The van der Waals surface area contributed by atoms with Crippen LogP contribution in [0.3, 0.4) is 0 Å². The van der Waals surface area contributed by atoms with E-state index in [4.69, 9.17) is 11.6 Å². The molecule has 0 aromatic heterocycles. The third kappa shape index (κ3) is 8.93. The Hall–Kier alpha value is -0.690. The van der Waals surface area contributed by atoms with Gasteiger partial charge in [-0.2, -0.15) is 0 Å². The van der Waals surface area contributed by atoms with E-state index in [1.165, 1.54) is 63.5 Å². The molecule has 0 spiro atoms. The minimum Gasteiger partial charge on any atom is -0.385 e. The molecule has 1 nitrogen and oxygen atoms in total. The van der Waals surface area contributed by atoms with Gasteiger partial charge in [0.2, 0.25) is 0 Å². The van der Waals surface area contributed by atoms with Crippen molar-refractivity contribution in [2.75, 3.05) is 11.9 Å². The second-order valence-corrected chi connectivity index (χ2v) is 5.70. The van der Waals surface area contributed by atoms with Crippen molar-refractivity contribution in [3.63, 3.8) is 0 Å². The Labute approximate surface area is 123 Å². The summed E-state index contributed by atoms with van der Waals surface area (Å²) in [6.45, 7) is 3.34. The van der Waals surface area contributed by atoms with Gasteiger partial charge in [-0.25, -0.2) is 0 Å². The monoisotopic (exact) mass is 281 g/mol. The largest absolute Gasteiger partial charge is 0.385 e. The van der Waals surface area contributed by atoms with Crippen molar-refractivity contribution in [3.8, 4) is 0 Å². The first-order valence-electron chi connectivity index (χ1n) is 7.82. The average molecular weight is 282 g/mol. The van der Waals surface area contributed by atoms with Gasteiger partial charge in [0.1, 0.15) is 0 Å². The highest BCUT2D eigenvalue weighted by atomic mass is 35.5. The van der Waals surface area contributed by atoms with Gasteiger partial charge in [0.05, 0.1) is 0 Å². The van der Waals surface area contributed by atoms with Crippen molar-refractivity contribution >= 4 is 17.3 Å². The van der Waals surface area contributed by atoms with E-state index in [9.17, 15) is 0 Å². The van der Waals surface area contributed by atoms with Gasteiger partial charge in [0.25, 0.3) is 0 Å². The van der Waals surface area contributed by atoms with E-state index in [1.807, 2.05) is 24.3 Å². The molecule has 19 heavy (non-hydrogen) atoms. The summed E-state index contributed by atoms with van der Waals surface area (Å²) in [5, 5.41) is 4.23. The normalized spacial score (nSPS) is 10.6. The van der Waals surface area contributed by atoms with Crippen LogP contribution in [-0.2, 0) is 0 Å². The van der Waals surface area contributed by atoms with Crippen LogP contribution < -0.4 is 5.32 Å². The van der Waals surface area contributed by atoms with Crippen molar-refractivity contribution in [2.45, 2.75) is 64.7 Å². The molecule has 0 saturated heterocycles. The summed E-state index contributed by atoms with van der Waals surface area (Å²) in [6.07, 6.45) is 12.4. The van der Waals surface area contributed by atoms with Crippen LogP contribution >= 0.6 is 11.6 Å². The Bertz CT molecular complexity index is 308. The fourth-order valence-electron chi connectivity index (χ4n) is 2.24. The van der Waals surface area contributed by atoms with E-state index in [0.29, 0.717) is 0 Å². The molecule has 1 aromatic carbocycles. The van der Waals surface area contributed by atoms with Crippen LogP contribution in [0.1, 0.15) is 64.7 Å². The number of halogens is 1. The van der Waals surface area contributed by atoms with Gasteiger partial charge in [-0.05, 0) is 30.7 Å². The van der Waals surface area contributed by atoms with Crippen LogP contribution in [0.5, 0.6) is 0 Å². The smallest absolute Gasteiger partial charge is 0.0407 e. The van der Waals surface area contributed by atoms with Gasteiger partial charge in [0, 0.05) is 17.3 Å². The molecule has 2 heteroatoms. The summed E-state index contributed by atoms with van der Waals surface area (Å²) in [7, 11) is 0. The lowest BCUT2D eigenvalue weighted by Gasteiger charge is -2.06. The molecule has 0 aliphatic rings. The van der Waals surface area contributed by atoms with E-state index < -0.39 is 0 Å². The number of rotatable bonds is 11. The predicted molar refractivity (Wildman–Crippen MR) is 87.2 cm³/mol. The van der Waals surface area contributed by atoms with E-state index in [2.05, 4.69) is 12.2 Å². The number of nitrogens with one attached hydrogen (secondary N) is 1. The second kappa shape index (κ2) is 11.2. The summed E-state index contributed by atoms with van der Waals surface area (Å²) in [5.41, 5.74) is 1.17. The molecule has 0 atom stereocenters. The molecule has 1 aromatic rings. The number of benzene rings is 1. The zero-order valence-corrected chi connectivity index (χ0v) is 13.0. The summed E-state index contributed by atoms with van der Waals surface area (Å²) in [5.74, 6) is 0. The van der Waals surface area contributed by atoms with Crippen molar-refractivity contribution < 1.29 is 0 Å². The van der Waals surface area contributed by atoms with Gasteiger partial charge in [0.15, 0.2) is 0 Å². The van der Waals surface area contributed by atoms with E-state index in [-0.39, 0.29) is 0 Å². The molecular weight excluding hydrogens is 254 g/mol. The topological polar surface area (TPSA) is 12.0 Å². The molecule has 108 valence electrons. The third-order valence-electron chi connectivity index (χ3n) is 3.45. The van der Waals surface area contributed by atoms with Crippen LogP contribution in [0, 0.1) is 0 Å². The highest BCUT2D eigenvalue weighted by molar-refractivity contribution is 6.30. The number of unbranched alkanes of at least 4 members (excludes halogenated alkanes) is 8. The average Bonchev–Trinajstić information content (AvgIpc) is 2.43. The first-order chi connectivity index (χ1) is 9.33. The lowest BCUT2D eigenvalue weighted by atomic mass is 10.1. The Kier molecular flexibility index (Phi) is 9.61. The summed E-state index contributed by atoms with van der Waals surface area (Å²) < 4.78 is 0. The Morgan fingerprint density at radius 3 is 1.89 bits per heavy atom. The summed E-state index contributed by atoms with van der Waals surface area (Å²) in [4.78, 5) is 0. The molecule has 0 aliphatic heterocycles. The van der Waals surface area contributed by atoms with Gasteiger partial charge < -0.3 is 5.32 Å². The molecular formula is C17H28ClN. The van der Waals surface area contributed by atoms with E-state index in [1.54, 1.807) is 0 Å². The van der Waals surface area contributed by atoms with Crippen molar-refractivity contribution in [1.29, 1.82) is 0 Å². The zero-order chi connectivity index (χ0) is 13.8. The number of hydrogen-bond donors (Lipinski definition) is 1. The van der Waals surface area contributed by atoms with Crippen molar-refractivity contribution in [1.82, 2.24) is 0 Å². The van der Waals surface area contributed by atoms with Crippen LogP contribution in [0.2, 0.25) is 5.02 Å². The summed E-state index contributed by atoms with van der Waals surface area (Å²) in [6, 6.07) is 7.94. The lowest BCUT2D eigenvalue weighted by molar-refractivity contribution is 0.569. The lowest BCUT2D eigenvalue weighted by Crippen LogP contribution is -2.00. The predicted octanol–water partition coefficient (Wildman–Crippen LogP) is 6.28. The van der Waals surface area contributed by atoms with Crippen LogP contribution in [0.15, 0.2) is 24.3 Å². The first kappa shape index (κ1) is 16.4. The maximum atomic E-state index is 5.85. The molecule has 0 amide bonds. The summed E-state index contributed by atoms with van der Waals surface area (Å²) >= 11 is 5.85. The molecule has 0 bridgehead atoms. The molecule has 1 rings (SSSR count). The molecule has 0 fully saturated rings. The standard InChI is InChI=1S/C17H28ClN/c1-2-3-4-5-6-7-8-9-10-15-19-17-13-11-16(18)12-14-17/h11-14,19H,2-10,15H2,1H3. The van der Waals surface area contributed by atoms with Gasteiger partial charge in [-0.15, -0.1) is 0 Å². The van der Waals surface area contributed by atoms with Gasteiger partial charge >= 0.3 is 0 Å². The van der Waals surface area contributed by atoms with Crippen molar-refractivity contribution in [3.05, 3.63) is 29.3 Å². The van der Waals surface area contributed by atoms with E-state index in [0.717, 1.165) is 11.6 Å². The molecule has 0 unspecified atom stereocenters. The highest BCUT2D eigenvalue weighted by Crippen LogP contribution is 2.14. The number of hydrogen-bond acceptors (Lipinski definition) is 1. The maximum Gasteiger partial charge on any atom is 0.0407 e. The van der Waals surface area contributed by atoms with Gasteiger partial charge in [-0.1, -0.05) is 69.9 Å². The molecule has 0 radical (unpaired) electrons. The SMILES string of the molecule is CCCCCCCCCCCNc1ccc(Cl)cc1. The van der Waals surface area contributed by atoms with Crippen LogP contribution in [-0.4, -0.2) is 6.54 Å². The van der Waals surface area contributed by atoms with Gasteiger partial charge in [-0.3, -0.25) is 0 Å². The van der Waals surface area contributed by atoms with Crippen LogP contribution in [0.25, 0.3) is 0 Å². The van der Waals surface area contributed by atoms with E-state index >= 15 is 0 Å². The zero-order valence-electron chi connectivity index (χ0n) is 12.3. The molecule has 0 heterocycles. The fraction of sp³-hybridized carbons (Fsp3) is 0.647. The maximum absolute atomic E-state index is 5.85.